The Morgan fingerprint density at radius 1 is 1.19 bits per heavy atom. The predicted molar refractivity (Wildman–Crippen MR) is 100 cm³/mol. The molecule has 0 unspecified atom stereocenters. The number of para-hydroxylation sites is 1. The number of nitro groups is 1. The third-order valence-electron chi connectivity index (χ3n) is 3.42. The van der Waals surface area contributed by atoms with Crippen molar-refractivity contribution in [2.75, 3.05) is 19.4 Å². The molecule has 0 bridgehead atoms. The number of benzene rings is 2. The van der Waals surface area contributed by atoms with Crippen molar-refractivity contribution in [2.45, 2.75) is 0 Å². The smallest absolute Gasteiger partial charge is 0.276 e. The topological polar surface area (TPSA) is 92.6 Å². The molecule has 134 valence electrons. The number of carbonyl (C=O) groups is 2. The van der Waals surface area contributed by atoms with Crippen molar-refractivity contribution in [3.8, 4) is 0 Å². The molecule has 0 aliphatic heterocycles. The highest BCUT2D eigenvalue weighted by Gasteiger charge is 2.13. The average molecular weight is 374 g/mol. The molecule has 0 fully saturated rings. The van der Waals surface area contributed by atoms with Gasteiger partial charge in [-0.15, -0.1) is 0 Å². The van der Waals surface area contributed by atoms with Crippen molar-refractivity contribution < 1.29 is 14.5 Å². The van der Waals surface area contributed by atoms with E-state index < -0.39 is 10.8 Å². The molecular formula is C18H16ClN3O4. The summed E-state index contributed by atoms with van der Waals surface area (Å²) in [6.45, 7) is 0. The van der Waals surface area contributed by atoms with E-state index in [0.717, 1.165) is 0 Å². The Morgan fingerprint density at radius 2 is 1.88 bits per heavy atom. The number of carbonyl (C=O) groups excluding carboxylic acids is 2. The molecule has 0 aliphatic carbocycles. The molecule has 2 rings (SSSR count). The molecule has 26 heavy (non-hydrogen) atoms. The summed E-state index contributed by atoms with van der Waals surface area (Å²) in [6, 6.07) is 10.6. The second-order valence-electron chi connectivity index (χ2n) is 5.53. The minimum absolute atomic E-state index is 0.0915. The third-order valence-corrected chi connectivity index (χ3v) is 3.73. The summed E-state index contributed by atoms with van der Waals surface area (Å²) in [4.78, 5) is 35.8. The Labute approximate surface area is 155 Å². The molecule has 7 nitrogen and oxygen atoms in total. The van der Waals surface area contributed by atoms with Crippen LogP contribution in [0.4, 0.5) is 11.4 Å². The van der Waals surface area contributed by atoms with Gasteiger partial charge in [-0.2, -0.15) is 0 Å². The summed E-state index contributed by atoms with van der Waals surface area (Å²) in [5.74, 6) is -0.727. The van der Waals surface area contributed by atoms with Gasteiger partial charge < -0.3 is 10.2 Å². The van der Waals surface area contributed by atoms with E-state index in [0.29, 0.717) is 16.8 Å². The fourth-order valence-corrected chi connectivity index (χ4v) is 2.41. The Hall–Kier alpha value is -3.19. The third kappa shape index (κ3) is 4.67. The Kier molecular flexibility index (Phi) is 6.08. The molecule has 2 amide bonds. The lowest BCUT2D eigenvalue weighted by Gasteiger charge is -2.12. The largest absolute Gasteiger partial charge is 0.345 e. The zero-order valence-electron chi connectivity index (χ0n) is 14.1. The second-order valence-corrected chi connectivity index (χ2v) is 5.94. The van der Waals surface area contributed by atoms with E-state index in [9.17, 15) is 19.7 Å². The molecule has 0 radical (unpaired) electrons. The van der Waals surface area contributed by atoms with E-state index in [1.165, 1.54) is 35.3 Å². The Bertz CT molecular complexity index is 894. The number of hydrogen-bond donors (Lipinski definition) is 1. The lowest BCUT2D eigenvalue weighted by atomic mass is 10.1. The molecule has 0 saturated heterocycles. The Morgan fingerprint density at radius 3 is 2.50 bits per heavy atom. The van der Waals surface area contributed by atoms with Gasteiger partial charge in [0.25, 0.3) is 11.6 Å². The number of halogens is 1. The number of nitrogens with zero attached hydrogens (tertiary/aromatic N) is 2. The minimum atomic E-state index is -0.516. The molecule has 0 saturated carbocycles. The van der Waals surface area contributed by atoms with Gasteiger partial charge in [-0.05, 0) is 30.3 Å². The predicted octanol–water partition coefficient (Wildman–Crippen LogP) is 3.60. The van der Waals surface area contributed by atoms with Crippen LogP contribution in [0.15, 0.2) is 48.5 Å². The van der Waals surface area contributed by atoms with Crippen LogP contribution in [-0.4, -0.2) is 35.7 Å². The van der Waals surface area contributed by atoms with E-state index in [-0.39, 0.29) is 16.6 Å². The summed E-state index contributed by atoms with van der Waals surface area (Å²) in [6.07, 6.45) is 2.55. The maximum atomic E-state index is 12.0. The zero-order valence-corrected chi connectivity index (χ0v) is 14.9. The van der Waals surface area contributed by atoms with Gasteiger partial charge in [0.1, 0.15) is 0 Å². The van der Waals surface area contributed by atoms with Crippen LogP contribution in [0.1, 0.15) is 15.9 Å². The molecule has 0 heterocycles. The summed E-state index contributed by atoms with van der Waals surface area (Å²) in [5, 5.41) is 13.8. The molecular weight excluding hydrogens is 358 g/mol. The van der Waals surface area contributed by atoms with Crippen molar-refractivity contribution in [1.29, 1.82) is 0 Å². The van der Waals surface area contributed by atoms with Gasteiger partial charge in [0, 0.05) is 31.9 Å². The van der Waals surface area contributed by atoms with Crippen molar-refractivity contribution in [3.63, 3.8) is 0 Å². The minimum Gasteiger partial charge on any atom is -0.345 e. The molecule has 0 spiro atoms. The summed E-state index contributed by atoms with van der Waals surface area (Å²) >= 11 is 6.09. The molecule has 2 aromatic carbocycles. The number of amides is 2. The van der Waals surface area contributed by atoms with E-state index in [1.807, 2.05) is 0 Å². The number of anilines is 1. The normalized spacial score (nSPS) is 10.6. The standard InChI is InChI=1S/C18H16ClN3O4/c1-21(2)18(24)14-9-8-13(11-15(14)19)20-17(23)10-7-12-5-3-4-6-16(12)22(25)26/h3-11H,1-2H3,(H,20,23)/b10-7+. The second kappa shape index (κ2) is 8.26. The molecule has 1 N–H and O–H groups in total. The van der Waals surface area contributed by atoms with E-state index in [1.54, 1.807) is 38.4 Å². The fraction of sp³-hybridized carbons (Fsp3) is 0.111. The monoisotopic (exact) mass is 373 g/mol. The van der Waals surface area contributed by atoms with Gasteiger partial charge >= 0.3 is 0 Å². The zero-order chi connectivity index (χ0) is 19.3. The van der Waals surface area contributed by atoms with Crippen LogP contribution in [-0.2, 0) is 4.79 Å². The van der Waals surface area contributed by atoms with Gasteiger partial charge in [0.2, 0.25) is 5.91 Å². The molecule has 0 aromatic heterocycles. The number of hydrogen-bond acceptors (Lipinski definition) is 4. The van der Waals surface area contributed by atoms with Crippen molar-refractivity contribution in [2.24, 2.45) is 0 Å². The van der Waals surface area contributed by atoms with Crippen molar-refractivity contribution in [1.82, 2.24) is 4.90 Å². The maximum Gasteiger partial charge on any atom is 0.276 e. The van der Waals surface area contributed by atoms with Crippen molar-refractivity contribution >= 4 is 40.9 Å². The molecule has 8 heteroatoms. The molecule has 2 aromatic rings. The van der Waals surface area contributed by atoms with Crippen LogP contribution in [0.2, 0.25) is 5.02 Å². The van der Waals surface area contributed by atoms with Crippen LogP contribution in [0.3, 0.4) is 0 Å². The fourth-order valence-electron chi connectivity index (χ4n) is 2.15. The van der Waals surface area contributed by atoms with Crippen LogP contribution in [0.5, 0.6) is 0 Å². The highest BCUT2D eigenvalue weighted by molar-refractivity contribution is 6.34. The van der Waals surface area contributed by atoms with Crippen molar-refractivity contribution in [3.05, 3.63) is 74.8 Å². The first-order valence-electron chi connectivity index (χ1n) is 7.53. The molecule has 0 aliphatic rings. The van der Waals surface area contributed by atoms with Gasteiger partial charge in [0.05, 0.1) is 21.1 Å². The summed E-state index contributed by atoms with van der Waals surface area (Å²) in [7, 11) is 3.23. The molecule has 0 atom stereocenters. The highest BCUT2D eigenvalue weighted by atomic mass is 35.5. The van der Waals surface area contributed by atoms with Crippen LogP contribution in [0, 0.1) is 10.1 Å². The summed E-state index contributed by atoms with van der Waals surface area (Å²) in [5.41, 5.74) is 0.955. The average Bonchev–Trinajstić information content (AvgIpc) is 2.59. The quantitative estimate of drug-likeness (QED) is 0.492. The van der Waals surface area contributed by atoms with Crippen LogP contribution >= 0.6 is 11.6 Å². The van der Waals surface area contributed by atoms with E-state index in [4.69, 9.17) is 11.6 Å². The number of rotatable bonds is 5. The maximum absolute atomic E-state index is 12.0. The number of nitro benzene ring substituents is 1. The van der Waals surface area contributed by atoms with E-state index in [2.05, 4.69) is 5.32 Å². The van der Waals surface area contributed by atoms with Crippen LogP contribution < -0.4 is 5.32 Å². The van der Waals surface area contributed by atoms with Crippen LogP contribution in [0.25, 0.3) is 6.08 Å². The van der Waals surface area contributed by atoms with E-state index >= 15 is 0 Å². The first-order chi connectivity index (χ1) is 12.3. The lowest BCUT2D eigenvalue weighted by molar-refractivity contribution is -0.385. The summed E-state index contributed by atoms with van der Waals surface area (Å²) < 4.78 is 0. The highest BCUT2D eigenvalue weighted by Crippen LogP contribution is 2.22. The van der Waals surface area contributed by atoms with Gasteiger partial charge in [-0.1, -0.05) is 23.7 Å². The first kappa shape index (κ1) is 19.1. The van der Waals surface area contributed by atoms with Gasteiger partial charge in [-0.25, -0.2) is 0 Å². The van der Waals surface area contributed by atoms with Gasteiger partial charge in [0.15, 0.2) is 0 Å². The number of nitrogens with one attached hydrogen (secondary N) is 1. The van der Waals surface area contributed by atoms with Gasteiger partial charge in [-0.3, -0.25) is 19.7 Å². The SMILES string of the molecule is CN(C)C(=O)c1ccc(NC(=O)/C=C/c2ccccc2[N+](=O)[O-])cc1Cl. The Balaban J connectivity index is 2.12. The first-order valence-corrected chi connectivity index (χ1v) is 7.91. The lowest BCUT2D eigenvalue weighted by Crippen LogP contribution is -2.22.